The molecule has 0 bridgehead atoms. The standard InChI is InChI=1S/C16H21ClN4O2/c1-3-21(4-2)8-7-18-16(23)20-14-10-19-13-9-11(17)5-6-12(13)15(14)22/h5-6,9-10H,3-4,7-8H2,1-2H3,(H,19,22)(H2,18,20,23). The van der Waals surface area contributed by atoms with Crippen LogP contribution < -0.4 is 16.1 Å². The van der Waals surface area contributed by atoms with E-state index >= 15 is 0 Å². The van der Waals surface area contributed by atoms with Crippen LogP contribution >= 0.6 is 11.6 Å². The highest BCUT2D eigenvalue weighted by Gasteiger charge is 2.09. The molecule has 0 aliphatic rings. The number of urea groups is 1. The van der Waals surface area contributed by atoms with E-state index in [2.05, 4.69) is 34.4 Å². The number of aromatic nitrogens is 1. The molecule has 23 heavy (non-hydrogen) atoms. The van der Waals surface area contributed by atoms with Gasteiger partial charge in [-0.25, -0.2) is 4.79 Å². The minimum atomic E-state index is -0.393. The van der Waals surface area contributed by atoms with E-state index in [9.17, 15) is 9.59 Å². The molecule has 124 valence electrons. The van der Waals surface area contributed by atoms with E-state index < -0.39 is 6.03 Å². The fraction of sp³-hybridized carbons (Fsp3) is 0.375. The van der Waals surface area contributed by atoms with Crippen LogP contribution in [0.4, 0.5) is 10.5 Å². The molecule has 0 saturated carbocycles. The number of aromatic amines is 1. The van der Waals surface area contributed by atoms with Crippen molar-refractivity contribution in [2.75, 3.05) is 31.5 Å². The van der Waals surface area contributed by atoms with Gasteiger partial charge in [-0.05, 0) is 31.3 Å². The zero-order valence-electron chi connectivity index (χ0n) is 13.3. The van der Waals surface area contributed by atoms with Gasteiger partial charge in [0.1, 0.15) is 5.69 Å². The van der Waals surface area contributed by atoms with Crippen LogP contribution in [-0.2, 0) is 0 Å². The summed E-state index contributed by atoms with van der Waals surface area (Å²) in [5.41, 5.74) is 0.601. The van der Waals surface area contributed by atoms with E-state index in [1.165, 1.54) is 6.20 Å². The van der Waals surface area contributed by atoms with Crippen LogP contribution in [0, 0.1) is 0 Å². The molecule has 1 heterocycles. The van der Waals surface area contributed by atoms with Gasteiger partial charge in [0.25, 0.3) is 0 Å². The number of rotatable bonds is 6. The lowest BCUT2D eigenvalue weighted by Gasteiger charge is -2.18. The predicted octanol–water partition coefficient (Wildman–Crippen LogP) is 2.64. The molecule has 2 aromatic rings. The molecule has 1 aromatic carbocycles. The summed E-state index contributed by atoms with van der Waals surface area (Å²) >= 11 is 5.90. The molecule has 2 amide bonds. The summed E-state index contributed by atoms with van der Waals surface area (Å²) in [5.74, 6) is 0. The maximum absolute atomic E-state index is 12.3. The van der Waals surface area contributed by atoms with Crippen molar-refractivity contribution in [3.63, 3.8) is 0 Å². The van der Waals surface area contributed by atoms with E-state index in [0.29, 0.717) is 22.5 Å². The van der Waals surface area contributed by atoms with Gasteiger partial charge in [0, 0.05) is 29.7 Å². The minimum absolute atomic E-state index is 0.208. The second-order valence-electron chi connectivity index (χ2n) is 5.13. The van der Waals surface area contributed by atoms with Gasteiger partial charge in [-0.2, -0.15) is 0 Å². The molecule has 6 nitrogen and oxygen atoms in total. The third kappa shape index (κ3) is 4.46. The summed E-state index contributed by atoms with van der Waals surface area (Å²) in [5, 5.41) is 6.36. The Morgan fingerprint density at radius 3 is 2.74 bits per heavy atom. The van der Waals surface area contributed by atoms with Crippen molar-refractivity contribution >= 4 is 34.2 Å². The van der Waals surface area contributed by atoms with Crippen LogP contribution in [0.15, 0.2) is 29.2 Å². The Balaban J connectivity index is 2.01. The van der Waals surface area contributed by atoms with Crippen LogP contribution in [0.3, 0.4) is 0 Å². The fourth-order valence-corrected chi connectivity index (χ4v) is 2.49. The maximum Gasteiger partial charge on any atom is 0.319 e. The highest BCUT2D eigenvalue weighted by atomic mass is 35.5. The summed E-state index contributed by atoms with van der Waals surface area (Å²) in [6.45, 7) is 7.32. The SMILES string of the molecule is CCN(CC)CCNC(=O)Nc1c[nH]c2cc(Cl)ccc2c1=O. The molecule has 0 unspecified atom stereocenters. The van der Waals surface area contributed by atoms with Gasteiger partial charge in [-0.1, -0.05) is 25.4 Å². The van der Waals surface area contributed by atoms with Crippen molar-refractivity contribution in [2.24, 2.45) is 0 Å². The number of carbonyl (C=O) groups excluding carboxylic acids is 1. The largest absolute Gasteiger partial charge is 0.359 e. The highest BCUT2D eigenvalue weighted by Crippen LogP contribution is 2.16. The first-order chi connectivity index (χ1) is 11.0. The van der Waals surface area contributed by atoms with Crippen molar-refractivity contribution in [2.45, 2.75) is 13.8 Å². The number of H-pyrrole nitrogens is 1. The van der Waals surface area contributed by atoms with E-state index in [1.54, 1.807) is 18.2 Å². The number of anilines is 1. The molecule has 0 saturated heterocycles. The Morgan fingerprint density at radius 2 is 2.04 bits per heavy atom. The summed E-state index contributed by atoms with van der Waals surface area (Å²) in [7, 11) is 0. The van der Waals surface area contributed by atoms with Crippen molar-refractivity contribution in [1.29, 1.82) is 0 Å². The number of nitrogens with one attached hydrogen (secondary N) is 3. The van der Waals surface area contributed by atoms with Crippen molar-refractivity contribution in [3.05, 3.63) is 39.6 Å². The summed E-state index contributed by atoms with van der Waals surface area (Å²) in [6, 6.07) is 4.56. The van der Waals surface area contributed by atoms with E-state index in [0.717, 1.165) is 19.6 Å². The third-order valence-corrected chi connectivity index (χ3v) is 3.93. The lowest BCUT2D eigenvalue weighted by atomic mass is 10.2. The van der Waals surface area contributed by atoms with Gasteiger partial charge < -0.3 is 20.5 Å². The number of fused-ring (bicyclic) bond motifs is 1. The van der Waals surface area contributed by atoms with Gasteiger partial charge in [0.2, 0.25) is 5.43 Å². The molecule has 0 aliphatic heterocycles. The number of nitrogens with zero attached hydrogens (tertiary/aromatic N) is 1. The Hall–Kier alpha value is -2.05. The monoisotopic (exact) mass is 336 g/mol. The van der Waals surface area contributed by atoms with E-state index in [1.807, 2.05) is 0 Å². The van der Waals surface area contributed by atoms with E-state index in [-0.39, 0.29) is 11.1 Å². The van der Waals surface area contributed by atoms with Crippen molar-refractivity contribution in [1.82, 2.24) is 15.2 Å². The van der Waals surface area contributed by atoms with Gasteiger partial charge in [0.15, 0.2) is 0 Å². The summed E-state index contributed by atoms with van der Waals surface area (Å²) < 4.78 is 0. The first-order valence-corrected chi connectivity index (χ1v) is 8.01. The van der Waals surface area contributed by atoms with Crippen LogP contribution in [-0.4, -0.2) is 42.1 Å². The number of hydrogen-bond acceptors (Lipinski definition) is 3. The number of benzene rings is 1. The highest BCUT2D eigenvalue weighted by molar-refractivity contribution is 6.31. The van der Waals surface area contributed by atoms with Gasteiger partial charge in [0.05, 0.1) is 5.52 Å². The van der Waals surface area contributed by atoms with Crippen LogP contribution in [0.5, 0.6) is 0 Å². The molecular formula is C16H21ClN4O2. The number of halogens is 1. The number of hydrogen-bond donors (Lipinski definition) is 3. The molecular weight excluding hydrogens is 316 g/mol. The molecule has 2 rings (SSSR count). The van der Waals surface area contributed by atoms with Crippen molar-refractivity contribution < 1.29 is 4.79 Å². The fourth-order valence-electron chi connectivity index (χ4n) is 2.32. The average Bonchev–Trinajstić information content (AvgIpc) is 2.54. The number of likely N-dealkylation sites (N-methyl/N-ethyl adjacent to an activating group) is 1. The summed E-state index contributed by atoms with van der Waals surface area (Å²) in [4.78, 5) is 29.4. The number of amides is 2. The van der Waals surface area contributed by atoms with Crippen molar-refractivity contribution in [3.8, 4) is 0 Å². The second kappa shape index (κ2) is 7.99. The maximum atomic E-state index is 12.3. The predicted molar refractivity (Wildman–Crippen MR) is 94.4 cm³/mol. The molecule has 3 N–H and O–H groups in total. The first-order valence-electron chi connectivity index (χ1n) is 7.63. The van der Waals surface area contributed by atoms with Gasteiger partial charge in [-0.15, -0.1) is 0 Å². The smallest absolute Gasteiger partial charge is 0.319 e. The average molecular weight is 337 g/mol. The minimum Gasteiger partial charge on any atom is -0.359 e. The molecule has 1 aromatic heterocycles. The van der Waals surface area contributed by atoms with Crippen LogP contribution in [0.25, 0.3) is 10.9 Å². The normalized spacial score (nSPS) is 11.0. The van der Waals surface area contributed by atoms with E-state index in [4.69, 9.17) is 11.6 Å². The lowest BCUT2D eigenvalue weighted by molar-refractivity contribution is 0.248. The number of pyridine rings is 1. The van der Waals surface area contributed by atoms with Crippen LogP contribution in [0.1, 0.15) is 13.8 Å². The van der Waals surface area contributed by atoms with Gasteiger partial charge >= 0.3 is 6.03 Å². The molecule has 0 atom stereocenters. The Kier molecular flexibility index (Phi) is 6.01. The molecule has 0 fully saturated rings. The lowest BCUT2D eigenvalue weighted by Crippen LogP contribution is -2.37. The Bertz CT molecular complexity index is 740. The molecule has 0 spiro atoms. The zero-order valence-corrected chi connectivity index (χ0v) is 14.0. The number of carbonyl (C=O) groups is 1. The Morgan fingerprint density at radius 1 is 1.30 bits per heavy atom. The third-order valence-electron chi connectivity index (χ3n) is 3.70. The Labute approximate surface area is 139 Å². The second-order valence-corrected chi connectivity index (χ2v) is 5.57. The topological polar surface area (TPSA) is 77.2 Å². The quantitative estimate of drug-likeness (QED) is 0.759. The first kappa shape index (κ1) is 17.3. The molecule has 0 aliphatic carbocycles. The summed E-state index contributed by atoms with van der Waals surface area (Å²) in [6.07, 6.45) is 1.48. The van der Waals surface area contributed by atoms with Gasteiger partial charge in [-0.3, -0.25) is 4.79 Å². The molecule has 0 radical (unpaired) electrons. The molecule has 7 heteroatoms. The van der Waals surface area contributed by atoms with Crippen LogP contribution in [0.2, 0.25) is 5.02 Å². The zero-order chi connectivity index (χ0) is 16.8.